The van der Waals surface area contributed by atoms with Gasteiger partial charge in [-0.2, -0.15) is 0 Å². The Morgan fingerprint density at radius 2 is 1.67 bits per heavy atom. The maximum atomic E-state index is 13.0. The molecule has 0 unspecified atom stereocenters. The maximum Gasteiger partial charge on any atom is 0.276 e. The molecule has 1 amide bonds. The van der Waals surface area contributed by atoms with E-state index in [1.54, 1.807) is 0 Å². The van der Waals surface area contributed by atoms with Crippen molar-refractivity contribution in [3.8, 4) is 0 Å². The summed E-state index contributed by atoms with van der Waals surface area (Å²) in [4.78, 5) is 14.9. The van der Waals surface area contributed by atoms with E-state index in [4.69, 9.17) is 0 Å². The average molecular weight is 367 g/mol. The third-order valence-corrected chi connectivity index (χ3v) is 6.21. The number of amides is 1. The number of likely N-dealkylation sites (tertiary alicyclic amines) is 1. The quantitative estimate of drug-likeness (QED) is 0.747. The summed E-state index contributed by atoms with van der Waals surface area (Å²) in [6.07, 6.45) is 12.5. The van der Waals surface area contributed by atoms with E-state index >= 15 is 0 Å². The molecular formula is C22H30N4O. The van der Waals surface area contributed by atoms with Gasteiger partial charge in [0.05, 0.1) is 12.2 Å². The second-order valence-corrected chi connectivity index (χ2v) is 8.06. The van der Waals surface area contributed by atoms with Crippen LogP contribution in [-0.4, -0.2) is 38.9 Å². The first-order valence-corrected chi connectivity index (χ1v) is 10.6. The van der Waals surface area contributed by atoms with Crippen LogP contribution in [0.15, 0.2) is 36.5 Å². The highest BCUT2D eigenvalue weighted by molar-refractivity contribution is 5.91. The van der Waals surface area contributed by atoms with Crippen molar-refractivity contribution in [2.24, 2.45) is 0 Å². The summed E-state index contributed by atoms with van der Waals surface area (Å²) in [5, 5.41) is 8.53. The van der Waals surface area contributed by atoms with Crippen LogP contribution in [0, 0.1) is 0 Å². The molecule has 1 saturated heterocycles. The van der Waals surface area contributed by atoms with E-state index in [2.05, 4.69) is 40.6 Å². The number of benzene rings is 1. The lowest BCUT2D eigenvalue weighted by molar-refractivity contribution is 0.0755. The molecule has 1 aliphatic heterocycles. The molecule has 0 bridgehead atoms. The van der Waals surface area contributed by atoms with Gasteiger partial charge < -0.3 is 4.90 Å². The van der Waals surface area contributed by atoms with Crippen LogP contribution in [0.1, 0.15) is 85.8 Å². The molecule has 5 nitrogen and oxygen atoms in total. The van der Waals surface area contributed by atoms with E-state index in [9.17, 15) is 4.79 Å². The van der Waals surface area contributed by atoms with Crippen molar-refractivity contribution in [1.29, 1.82) is 0 Å². The fourth-order valence-corrected chi connectivity index (χ4v) is 4.60. The van der Waals surface area contributed by atoms with Crippen molar-refractivity contribution in [3.05, 3.63) is 47.8 Å². The minimum absolute atomic E-state index is 0.0450. The molecule has 27 heavy (non-hydrogen) atoms. The molecule has 0 spiro atoms. The normalized spacial score (nSPS) is 22.2. The lowest BCUT2D eigenvalue weighted by atomic mass is 9.92. The molecule has 2 aliphatic rings. The first-order valence-electron chi connectivity index (χ1n) is 10.6. The van der Waals surface area contributed by atoms with Gasteiger partial charge in [-0.1, -0.05) is 61.2 Å². The zero-order chi connectivity index (χ0) is 18.5. The fraction of sp³-hybridized carbons (Fsp3) is 0.591. The summed E-state index contributed by atoms with van der Waals surface area (Å²) in [5.74, 6) is 0.592. The SMILES string of the molecule is O=C(c1cn(C2CCCCCC2)nn1)N1CCC[C@@H](c2ccccc2)CC1. The predicted octanol–water partition coefficient (Wildman–Crippen LogP) is 4.58. The van der Waals surface area contributed by atoms with Crippen molar-refractivity contribution < 1.29 is 4.79 Å². The van der Waals surface area contributed by atoms with E-state index < -0.39 is 0 Å². The van der Waals surface area contributed by atoms with Crippen LogP contribution in [0.2, 0.25) is 0 Å². The molecule has 1 saturated carbocycles. The first kappa shape index (κ1) is 18.2. The standard InChI is InChI=1S/C22H30N4O/c27-22(21-17-26(24-23-21)20-12-6-1-2-7-13-20)25-15-8-11-19(14-16-25)18-9-4-3-5-10-18/h3-5,9-10,17,19-20H,1-2,6-8,11-16H2/t19-/m1/s1. The van der Waals surface area contributed by atoms with Crippen molar-refractivity contribution >= 4 is 5.91 Å². The minimum atomic E-state index is 0.0450. The summed E-state index contributed by atoms with van der Waals surface area (Å²) in [6.45, 7) is 1.62. The Balaban J connectivity index is 1.39. The van der Waals surface area contributed by atoms with E-state index in [1.807, 2.05) is 15.8 Å². The van der Waals surface area contributed by atoms with Crippen LogP contribution < -0.4 is 0 Å². The number of carbonyl (C=O) groups is 1. The van der Waals surface area contributed by atoms with Gasteiger partial charge in [0.2, 0.25) is 0 Å². The molecule has 0 N–H and O–H groups in total. The molecule has 0 radical (unpaired) electrons. The van der Waals surface area contributed by atoms with Crippen molar-refractivity contribution in [3.63, 3.8) is 0 Å². The molecule has 1 aliphatic carbocycles. The third kappa shape index (κ3) is 4.40. The van der Waals surface area contributed by atoms with Gasteiger partial charge in [-0.25, -0.2) is 4.68 Å². The predicted molar refractivity (Wildman–Crippen MR) is 106 cm³/mol. The summed E-state index contributed by atoms with van der Waals surface area (Å²) >= 11 is 0. The Labute approximate surface area is 161 Å². The van der Waals surface area contributed by atoms with Gasteiger partial charge in [0.15, 0.2) is 5.69 Å². The molecule has 4 rings (SSSR count). The Morgan fingerprint density at radius 3 is 2.44 bits per heavy atom. The van der Waals surface area contributed by atoms with E-state index in [-0.39, 0.29) is 5.91 Å². The van der Waals surface area contributed by atoms with E-state index in [0.717, 1.165) is 45.2 Å². The summed E-state index contributed by atoms with van der Waals surface area (Å²) in [7, 11) is 0. The van der Waals surface area contributed by atoms with Crippen LogP contribution in [0.3, 0.4) is 0 Å². The fourth-order valence-electron chi connectivity index (χ4n) is 4.60. The highest BCUT2D eigenvalue weighted by Crippen LogP contribution is 2.29. The molecule has 1 aromatic carbocycles. The van der Waals surface area contributed by atoms with Gasteiger partial charge in [-0.05, 0) is 43.6 Å². The number of rotatable bonds is 3. The monoisotopic (exact) mass is 366 g/mol. The zero-order valence-electron chi connectivity index (χ0n) is 16.1. The molecule has 1 atom stereocenters. The lowest BCUT2D eigenvalue weighted by Gasteiger charge is -2.19. The Kier molecular flexibility index (Phi) is 5.85. The van der Waals surface area contributed by atoms with Crippen molar-refractivity contribution in [2.75, 3.05) is 13.1 Å². The van der Waals surface area contributed by atoms with E-state index in [0.29, 0.717) is 17.7 Å². The average Bonchev–Trinajstić information content (AvgIpc) is 2.90. The van der Waals surface area contributed by atoms with Gasteiger partial charge in [-0.3, -0.25) is 4.79 Å². The Morgan fingerprint density at radius 1 is 0.889 bits per heavy atom. The third-order valence-electron chi connectivity index (χ3n) is 6.21. The van der Waals surface area contributed by atoms with Crippen LogP contribution in [0.4, 0.5) is 0 Å². The van der Waals surface area contributed by atoms with Crippen molar-refractivity contribution in [2.45, 2.75) is 69.7 Å². The lowest BCUT2D eigenvalue weighted by Crippen LogP contribution is -2.32. The van der Waals surface area contributed by atoms with Gasteiger partial charge >= 0.3 is 0 Å². The number of nitrogens with zero attached hydrogens (tertiary/aromatic N) is 4. The van der Waals surface area contributed by atoms with Gasteiger partial charge in [-0.15, -0.1) is 5.10 Å². The largest absolute Gasteiger partial charge is 0.337 e. The van der Waals surface area contributed by atoms with Gasteiger partial charge in [0, 0.05) is 13.1 Å². The number of hydrogen-bond acceptors (Lipinski definition) is 3. The summed E-state index contributed by atoms with van der Waals surface area (Å²) in [6, 6.07) is 11.1. The van der Waals surface area contributed by atoms with Crippen LogP contribution >= 0.6 is 0 Å². The smallest absolute Gasteiger partial charge is 0.276 e. The topological polar surface area (TPSA) is 51.0 Å². The van der Waals surface area contributed by atoms with Crippen LogP contribution in [0.25, 0.3) is 0 Å². The van der Waals surface area contributed by atoms with Gasteiger partial charge in [0.1, 0.15) is 0 Å². The molecular weight excluding hydrogens is 336 g/mol. The van der Waals surface area contributed by atoms with Crippen LogP contribution in [0.5, 0.6) is 0 Å². The number of carbonyl (C=O) groups excluding carboxylic acids is 1. The molecule has 144 valence electrons. The van der Waals surface area contributed by atoms with Crippen LogP contribution in [-0.2, 0) is 0 Å². The second kappa shape index (κ2) is 8.68. The van der Waals surface area contributed by atoms with E-state index in [1.165, 1.54) is 31.2 Å². The summed E-state index contributed by atoms with van der Waals surface area (Å²) in [5.41, 5.74) is 1.91. The summed E-state index contributed by atoms with van der Waals surface area (Å²) < 4.78 is 1.95. The Bertz CT molecular complexity index is 734. The maximum absolute atomic E-state index is 13.0. The molecule has 2 aromatic rings. The molecule has 2 fully saturated rings. The Hall–Kier alpha value is -2.17. The first-order chi connectivity index (χ1) is 13.3. The van der Waals surface area contributed by atoms with Gasteiger partial charge in [0.25, 0.3) is 5.91 Å². The van der Waals surface area contributed by atoms with Crippen molar-refractivity contribution in [1.82, 2.24) is 19.9 Å². The highest BCUT2D eigenvalue weighted by Gasteiger charge is 2.25. The molecule has 2 heterocycles. The molecule has 5 heteroatoms. The second-order valence-electron chi connectivity index (χ2n) is 8.06. The highest BCUT2D eigenvalue weighted by atomic mass is 16.2. The minimum Gasteiger partial charge on any atom is -0.337 e. The zero-order valence-corrected chi connectivity index (χ0v) is 16.1. The number of aromatic nitrogens is 3. The number of hydrogen-bond donors (Lipinski definition) is 0. The molecule has 1 aromatic heterocycles.